The molecular formula is C18H24N2OS. The molecule has 0 fully saturated rings. The molecular weight excluding hydrogens is 292 g/mol. The number of carbonyl (C=O) groups excluding carboxylic acids is 1. The summed E-state index contributed by atoms with van der Waals surface area (Å²) in [7, 11) is 3.58. The lowest BCUT2D eigenvalue weighted by Crippen LogP contribution is -2.27. The topological polar surface area (TPSA) is 33.2 Å². The van der Waals surface area contributed by atoms with Crippen LogP contribution >= 0.6 is 11.3 Å². The smallest absolute Gasteiger partial charge is 0.263 e. The predicted molar refractivity (Wildman–Crippen MR) is 92.6 cm³/mol. The molecule has 0 aromatic carbocycles. The molecule has 22 heavy (non-hydrogen) atoms. The van der Waals surface area contributed by atoms with E-state index in [4.69, 9.17) is 4.98 Å². The standard InChI is InChI=1S/C18H24N2OS/c1-18(2,3)13-6-7-14-11(9-13)8-12-10-15(17(21)20(4)5)22-16(12)19-14/h8,10,13H,6-7,9H2,1-5H3. The van der Waals surface area contributed by atoms with E-state index in [2.05, 4.69) is 26.8 Å². The van der Waals surface area contributed by atoms with E-state index in [9.17, 15) is 4.79 Å². The maximum Gasteiger partial charge on any atom is 0.263 e. The molecule has 0 bridgehead atoms. The van der Waals surface area contributed by atoms with Crippen LogP contribution in [0.4, 0.5) is 0 Å². The average molecular weight is 316 g/mol. The summed E-state index contributed by atoms with van der Waals surface area (Å²) in [4.78, 5) is 20.4. The van der Waals surface area contributed by atoms with Crippen LogP contribution in [0.2, 0.25) is 0 Å². The number of aromatic nitrogens is 1. The average Bonchev–Trinajstić information content (AvgIpc) is 2.84. The van der Waals surface area contributed by atoms with Gasteiger partial charge in [0.25, 0.3) is 5.91 Å². The van der Waals surface area contributed by atoms with E-state index >= 15 is 0 Å². The number of thiophene rings is 1. The molecule has 0 saturated carbocycles. The molecule has 1 unspecified atom stereocenters. The van der Waals surface area contributed by atoms with Gasteiger partial charge in [-0.3, -0.25) is 4.79 Å². The molecule has 3 rings (SSSR count). The summed E-state index contributed by atoms with van der Waals surface area (Å²) in [5.41, 5.74) is 2.95. The Morgan fingerprint density at radius 3 is 2.68 bits per heavy atom. The lowest BCUT2D eigenvalue weighted by atomic mass is 9.71. The van der Waals surface area contributed by atoms with Crippen molar-refractivity contribution in [3.63, 3.8) is 0 Å². The zero-order valence-electron chi connectivity index (χ0n) is 14.1. The summed E-state index contributed by atoms with van der Waals surface area (Å²) in [5.74, 6) is 0.773. The molecule has 1 atom stereocenters. The monoisotopic (exact) mass is 316 g/mol. The van der Waals surface area contributed by atoms with Crippen LogP contribution in [0, 0.1) is 11.3 Å². The number of carbonyl (C=O) groups is 1. The first-order valence-electron chi connectivity index (χ1n) is 7.89. The van der Waals surface area contributed by atoms with E-state index < -0.39 is 0 Å². The Morgan fingerprint density at radius 1 is 1.32 bits per heavy atom. The Balaban J connectivity index is 1.98. The van der Waals surface area contributed by atoms with E-state index in [1.807, 2.05) is 6.07 Å². The number of pyridine rings is 1. The van der Waals surface area contributed by atoms with Crippen LogP contribution in [-0.4, -0.2) is 29.9 Å². The molecule has 0 radical (unpaired) electrons. The maximum atomic E-state index is 12.1. The first kappa shape index (κ1) is 15.5. The highest BCUT2D eigenvalue weighted by Gasteiger charge is 2.29. The number of nitrogens with zero attached hydrogens (tertiary/aromatic N) is 2. The quantitative estimate of drug-likeness (QED) is 0.792. The van der Waals surface area contributed by atoms with Gasteiger partial charge in [-0.05, 0) is 48.3 Å². The molecule has 0 aliphatic heterocycles. The minimum absolute atomic E-state index is 0.0635. The van der Waals surface area contributed by atoms with Crippen molar-refractivity contribution in [3.8, 4) is 0 Å². The highest BCUT2D eigenvalue weighted by Crippen LogP contribution is 2.38. The third-order valence-corrected chi connectivity index (χ3v) is 5.75. The van der Waals surface area contributed by atoms with Gasteiger partial charge in [0.1, 0.15) is 4.83 Å². The molecule has 0 spiro atoms. The van der Waals surface area contributed by atoms with Gasteiger partial charge in [0.05, 0.1) is 4.88 Å². The minimum atomic E-state index is 0.0635. The maximum absolute atomic E-state index is 12.1. The summed E-state index contributed by atoms with van der Waals surface area (Å²) in [5, 5.41) is 1.11. The van der Waals surface area contributed by atoms with Gasteiger partial charge in [0.15, 0.2) is 0 Å². The van der Waals surface area contributed by atoms with Gasteiger partial charge in [-0.15, -0.1) is 11.3 Å². The molecule has 2 aromatic heterocycles. The van der Waals surface area contributed by atoms with Crippen molar-refractivity contribution < 1.29 is 4.79 Å². The van der Waals surface area contributed by atoms with Crippen molar-refractivity contribution in [2.75, 3.05) is 14.1 Å². The van der Waals surface area contributed by atoms with Gasteiger partial charge in [-0.1, -0.05) is 20.8 Å². The van der Waals surface area contributed by atoms with Crippen molar-refractivity contribution in [1.82, 2.24) is 9.88 Å². The van der Waals surface area contributed by atoms with Gasteiger partial charge in [0.2, 0.25) is 0 Å². The lowest BCUT2D eigenvalue weighted by molar-refractivity contribution is 0.0832. The van der Waals surface area contributed by atoms with Crippen molar-refractivity contribution >= 4 is 27.5 Å². The van der Waals surface area contributed by atoms with E-state index in [0.717, 1.165) is 27.9 Å². The summed E-state index contributed by atoms with van der Waals surface area (Å²) >= 11 is 1.51. The summed E-state index contributed by atoms with van der Waals surface area (Å²) in [6.45, 7) is 6.98. The third-order valence-electron chi connectivity index (χ3n) is 4.71. The first-order chi connectivity index (χ1) is 10.3. The zero-order valence-corrected chi connectivity index (χ0v) is 14.9. The van der Waals surface area contributed by atoms with Crippen LogP contribution in [0.1, 0.15) is 48.1 Å². The van der Waals surface area contributed by atoms with Crippen LogP contribution in [0.3, 0.4) is 0 Å². The fourth-order valence-electron chi connectivity index (χ4n) is 3.19. The molecule has 1 amide bonds. The van der Waals surface area contributed by atoms with E-state index in [-0.39, 0.29) is 5.91 Å². The Hall–Kier alpha value is -1.42. The number of fused-ring (bicyclic) bond motifs is 2. The van der Waals surface area contributed by atoms with E-state index in [1.165, 1.54) is 29.0 Å². The minimum Gasteiger partial charge on any atom is -0.344 e. The molecule has 2 aromatic rings. The Labute approximate surface area is 136 Å². The first-order valence-corrected chi connectivity index (χ1v) is 8.71. The van der Waals surface area contributed by atoms with Gasteiger partial charge in [-0.25, -0.2) is 4.98 Å². The molecule has 1 aliphatic rings. The third kappa shape index (κ3) is 2.76. The number of aryl methyl sites for hydroxylation is 1. The Bertz CT molecular complexity index is 724. The SMILES string of the molecule is CN(C)C(=O)c1cc2cc3c(nc2s1)CCC(C(C)(C)C)C3. The number of amides is 1. The van der Waals surface area contributed by atoms with Crippen molar-refractivity contribution in [1.29, 1.82) is 0 Å². The van der Waals surface area contributed by atoms with Crippen LogP contribution in [-0.2, 0) is 12.8 Å². The molecule has 3 nitrogen and oxygen atoms in total. The lowest BCUT2D eigenvalue weighted by Gasteiger charge is -2.34. The second kappa shape index (κ2) is 5.34. The molecule has 1 aliphatic carbocycles. The highest BCUT2D eigenvalue weighted by atomic mass is 32.1. The summed E-state index contributed by atoms with van der Waals surface area (Å²) in [6.07, 6.45) is 3.38. The van der Waals surface area contributed by atoms with Crippen LogP contribution in [0.25, 0.3) is 10.2 Å². The molecule has 4 heteroatoms. The molecule has 0 saturated heterocycles. The number of rotatable bonds is 1. The molecule has 2 heterocycles. The van der Waals surface area contributed by atoms with Crippen molar-refractivity contribution in [3.05, 3.63) is 28.3 Å². The Morgan fingerprint density at radius 2 is 2.05 bits per heavy atom. The second-order valence-electron chi connectivity index (χ2n) is 7.60. The van der Waals surface area contributed by atoms with E-state index in [0.29, 0.717) is 11.3 Å². The fraction of sp³-hybridized carbons (Fsp3) is 0.556. The normalized spacial score (nSPS) is 18.3. The largest absolute Gasteiger partial charge is 0.344 e. The fourth-order valence-corrected chi connectivity index (χ4v) is 4.24. The van der Waals surface area contributed by atoms with Crippen LogP contribution in [0.5, 0.6) is 0 Å². The van der Waals surface area contributed by atoms with Crippen molar-refractivity contribution in [2.45, 2.75) is 40.0 Å². The Kier molecular flexibility index (Phi) is 3.76. The summed E-state index contributed by atoms with van der Waals surface area (Å²) in [6, 6.07) is 4.26. The molecule has 118 valence electrons. The summed E-state index contributed by atoms with van der Waals surface area (Å²) < 4.78 is 0. The zero-order chi connectivity index (χ0) is 16.1. The number of hydrogen-bond acceptors (Lipinski definition) is 3. The van der Waals surface area contributed by atoms with Crippen LogP contribution in [0.15, 0.2) is 12.1 Å². The van der Waals surface area contributed by atoms with Crippen LogP contribution < -0.4 is 0 Å². The van der Waals surface area contributed by atoms with Gasteiger partial charge < -0.3 is 4.90 Å². The predicted octanol–water partition coefficient (Wildman–Crippen LogP) is 4.15. The van der Waals surface area contributed by atoms with Gasteiger partial charge >= 0.3 is 0 Å². The van der Waals surface area contributed by atoms with Crippen molar-refractivity contribution in [2.24, 2.45) is 11.3 Å². The molecule has 0 N–H and O–H groups in total. The van der Waals surface area contributed by atoms with Gasteiger partial charge in [0, 0.05) is 25.2 Å². The number of hydrogen-bond donors (Lipinski definition) is 0. The second-order valence-corrected chi connectivity index (χ2v) is 8.64. The van der Waals surface area contributed by atoms with E-state index in [1.54, 1.807) is 19.0 Å². The highest BCUT2D eigenvalue weighted by molar-refractivity contribution is 7.20. The van der Waals surface area contributed by atoms with Gasteiger partial charge in [-0.2, -0.15) is 0 Å².